The Morgan fingerprint density at radius 3 is 3.06 bits per heavy atom. The van der Waals surface area contributed by atoms with Crippen molar-refractivity contribution >= 4 is 5.97 Å². The summed E-state index contributed by atoms with van der Waals surface area (Å²) in [5.74, 6) is -0.142. The van der Waals surface area contributed by atoms with E-state index in [4.69, 9.17) is 14.4 Å². The van der Waals surface area contributed by atoms with Gasteiger partial charge in [0.1, 0.15) is 0 Å². The van der Waals surface area contributed by atoms with Crippen LogP contribution in [0.25, 0.3) is 11.4 Å². The standard InChI is InChI=1S/C12H12N2O4/c1-17-6-5-10-13-11(14-18-10)8-3-2-4-9(7-8)12(15)16/h2-4,7H,5-6H2,1H3,(H,15,16). The Kier molecular flexibility index (Phi) is 3.69. The lowest BCUT2D eigenvalue weighted by Gasteiger charge is -1.96. The van der Waals surface area contributed by atoms with Gasteiger partial charge in [0.05, 0.1) is 18.6 Å². The van der Waals surface area contributed by atoms with Crippen molar-refractivity contribution in [3.63, 3.8) is 0 Å². The van der Waals surface area contributed by atoms with Crippen molar-refractivity contribution in [2.24, 2.45) is 0 Å². The van der Waals surface area contributed by atoms with Crippen LogP contribution in [0, 0.1) is 0 Å². The molecule has 1 heterocycles. The number of carbonyl (C=O) groups is 1. The van der Waals surface area contributed by atoms with Crippen molar-refractivity contribution in [1.82, 2.24) is 10.1 Å². The van der Waals surface area contributed by atoms with Crippen molar-refractivity contribution in [2.75, 3.05) is 13.7 Å². The first-order valence-electron chi connectivity index (χ1n) is 5.36. The second-order valence-corrected chi connectivity index (χ2v) is 3.64. The van der Waals surface area contributed by atoms with Gasteiger partial charge in [-0.15, -0.1) is 0 Å². The zero-order valence-electron chi connectivity index (χ0n) is 9.79. The minimum absolute atomic E-state index is 0.191. The van der Waals surface area contributed by atoms with Gasteiger partial charge in [-0.2, -0.15) is 4.98 Å². The summed E-state index contributed by atoms with van der Waals surface area (Å²) in [7, 11) is 1.59. The lowest BCUT2D eigenvalue weighted by atomic mass is 10.1. The highest BCUT2D eigenvalue weighted by Gasteiger charge is 2.10. The molecule has 0 fully saturated rings. The number of hydrogen-bond donors (Lipinski definition) is 1. The van der Waals surface area contributed by atoms with Gasteiger partial charge in [0, 0.05) is 12.7 Å². The number of aromatic carboxylic acids is 1. The molecule has 0 aliphatic heterocycles. The highest BCUT2D eigenvalue weighted by molar-refractivity contribution is 5.89. The Labute approximate surface area is 103 Å². The normalized spacial score (nSPS) is 10.5. The maximum absolute atomic E-state index is 10.9. The van der Waals surface area contributed by atoms with Crippen LogP contribution in [-0.2, 0) is 11.2 Å². The lowest BCUT2D eigenvalue weighted by molar-refractivity contribution is 0.0697. The third-order valence-electron chi connectivity index (χ3n) is 2.36. The number of carboxylic acids is 1. The van der Waals surface area contributed by atoms with E-state index in [0.29, 0.717) is 30.3 Å². The number of rotatable bonds is 5. The molecule has 0 aliphatic rings. The minimum Gasteiger partial charge on any atom is -0.478 e. The molecule has 0 bridgehead atoms. The van der Waals surface area contributed by atoms with E-state index in [1.165, 1.54) is 12.1 Å². The molecule has 6 heteroatoms. The zero-order valence-corrected chi connectivity index (χ0v) is 9.79. The molecule has 94 valence electrons. The van der Waals surface area contributed by atoms with E-state index in [2.05, 4.69) is 10.1 Å². The molecule has 0 radical (unpaired) electrons. The van der Waals surface area contributed by atoms with Gasteiger partial charge in [-0.1, -0.05) is 17.3 Å². The Balaban J connectivity index is 2.23. The van der Waals surface area contributed by atoms with Crippen LogP contribution in [0.2, 0.25) is 0 Å². The van der Waals surface area contributed by atoms with E-state index in [0.717, 1.165) is 0 Å². The van der Waals surface area contributed by atoms with Crippen molar-refractivity contribution in [2.45, 2.75) is 6.42 Å². The molecule has 1 aromatic carbocycles. The summed E-state index contributed by atoms with van der Waals surface area (Å²) in [6.07, 6.45) is 0.530. The SMILES string of the molecule is COCCc1nc(-c2cccc(C(=O)O)c2)no1. The van der Waals surface area contributed by atoms with Crippen molar-refractivity contribution < 1.29 is 19.2 Å². The molecule has 0 spiro atoms. The first-order chi connectivity index (χ1) is 8.70. The average Bonchev–Trinajstić information content (AvgIpc) is 2.85. The largest absolute Gasteiger partial charge is 0.478 e. The molecule has 0 saturated carbocycles. The van der Waals surface area contributed by atoms with E-state index in [1.807, 2.05) is 0 Å². The van der Waals surface area contributed by atoms with Crippen LogP contribution in [0.3, 0.4) is 0 Å². The number of aromatic nitrogens is 2. The van der Waals surface area contributed by atoms with Gasteiger partial charge in [0.2, 0.25) is 11.7 Å². The Morgan fingerprint density at radius 1 is 1.50 bits per heavy atom. The quantitative estimate of drug-likeness (QED) is 0.865. The lowest BCUT2D eigenvalue weighted by Crippen LogP contribution is -1.96. The van der Waals surface area contributed by atoms with Gasteiger partial charge in [0.25, 0.3) is 0 Å². The third-order valence-corrected chi connectivity index (χ3v) is 2.36. The topological polar surface area (TPSA) is 85.5 Å². The fourth-order valence-electron chi connectivity index (χ4n) is 1.45. The molecule has 0 unspecified atom stereocenters. The Bertz CT molecular complexity index is 551. The predicted octanol–water partition coefficient (Wildman–Crippen LogP) is 1.62. The van der Waals surface area contributed by atoms with Gasteiger partial charge in [0.15, 0.2) is 0 Å². The average molecular weight is 248 g/mol. The summed E-state index contributed by atoms with van der Waals surface area (Å²) >= 11 is 0. The molecule has 1 aromatic heterocycles. The van der Waals surface area contributed by atoms with Crippen LogP contribution in [0.1, 0.15) is 16.2 Å². The van der Waals surface area contributed by atoms with Crippen LogP contribution >= 0.6 is 0 Å². The Morgan fingerprint density at radius 2 is 2.33 bits per heavy atom. The summed E-state index contributed by atoms with van der Waals surface area (Å²) < 4.78 is 9.94. The third kappa shape index (κ3) is 2.72. The highest BCUT2D eigenvalue weighted by atomic mass is 16.5. The second kappa shape index (κ2) is 5.42. The van der Waals surface area contributed by atoms with Crippen molar-refractivity contribution in [1.29, 1.82) is 0 Å². The molecule has 0 atom stereocenters. The number of carboxylic acid groups (broad SMARTS) is 1. The predicted molar refractivity (Wildman–Crippen MR) is 62.3 cm³/mol. The van der Waals surface area contributed by atoms with Crippen LogP contribution in [0.15, 0.2) is 28.8 Å². The highest BCUT2D eigenvalue weighted by Crippen LogP contribution is 2.17. The molecule has 2 rings (SSSR count). The fourth-order valence-corrected chi connectivity index (χ4v) is 1.45. The van der Waals surface area contributed by atoms with Crippen LogP contribution in [-0.4, -0.2) is 34.9 Å². The molecular weight excluding hydrogens is 236 g/mol. The summed E-state index contributed by atoms with van der Waals surface area (Å²) in [4.78, 5) is 15.0. The molecule has 0 saturated heterocycles. The first-order valence-corrected chi connectivity index (χ1v) is 5.36. The van der Waals surface area contributed by atoms with Crippen LogP contribution < -0.4 is 0 Å². The summed E-state index contributed by atoms with van der Waals surface area (Å²) in [6.45, 7) is 0.497. The molecule has 6 nitrogen and oxygen atoms in total. The fraction of sp³-hybridized carbons (Fsp3) is 0.250. The summed E-state index contributed by atoms with van der Waals surface area (Å²) in [6, 6.07) is 6.40. The van der Waals surface area contributed by atoms with Gasteiger partial charge in [-0.05, 0) is 12.1 Å². The monoisotopic (exact) mass is 248 g/mol. The van der Waals surface area contributed by atoms with Crippen LogP contribution in [0.4, 0.5) is 0 Å². The van der Waals surface area contributed by atoms with Gasteiger partial charge >= 0.3 is 5.97 Å². The van der Waals surface area contributed by atoms with E-state index < -0.39 is 5.97 Å². The molecule has 2 aromatic rings. The molecular formula is C12H12N2O4. The Hall–Kier alpha value is -2.21. The number of hydrogen-bond acceptors (Lipinski definition) is 5. The first kappa shape index (κ1) is 12.3. The van der Waals surface area contributed by atoms with E-state index in [-0.39, 0.29) is 5.56 Å². The zero-order chi connectivity index (χ0) is 13.0. The second-order valence-electron chi connectivity index (χ2n) is 3.64. The summed E-state index contributed by atoms with van der Waals surface area (Å²) in [5.41, 5.74) is 0.804. The van der Waals surface area contributed by atoms with Crippen LogP contribution in [0.5, 0.6) is 0 Å². The molecule has 1 N–H and O–H groups in total. The van der Waals surface area contributed by atoms with E-state index in [1.54, 1.807) is 19.2 Å². The maximum atomic E-state index is 10.9. The smallest absolute Gasteiger partial charge is 0.335 e. The maximum Gasteiger partial charge on any atom is 0.335 e. The van der Waals surface area contributed by atoms with E-state index in [9.17, 15) is 4.79 Å². The minimum atomic E-state index is -0.986. The van der Waals surface area contributed by atoms with E-state index >= 15 is 0 Å². The number of ether oxygens (including phenoxy) is 1. The molecule has 0 amide bonds. The van der Waals surface area contributed by atoms with Crippen molar-refractivity contribution in [3.05, 3.63) is 35.7 Å². The van der Waals surface area contributed by atoms with Gasteiger partial charge in [-0.3, -0.25) is 0 Å². The van der Waals surface area contributed by atoms with Crippen molar-refractivity contribution in [3.8, 4) is 11.4 Å². The van der Waals surface area contributed by atoms with Gasteiger partial charge in [-0.25, -0.2) is 4.79 Å². The molecule has 0 aliphatic carbocycles. The van der Waals surface area contributed by atoms with Gasteiger partial charge < -0.3 is 14.4 Å². The number of nitrogens with zero attached hydrogens (tertiary/aromatic N) is 2. The summed E-state index contributed by atoms with van der Waals surface area (Å²) in [5, 5.41) is 12.7. The number of benzene rings is 1. The molecule has 18 heavy (non-hydrogen) atoms. The number of methoxy groups -OCH3 is 1.